The van der Waals surface area contributed by atoms with Crippen LogP contribution in [0.5, 0.6) is 11.5 Å². The number of carbonyl (C=O) groups excluding carboxylic acids is 2. The summed E-state index contributed by atoms with van der Waals surface area (Å²) in [5.74, 6) is 0.779. The summed E-state index contributed by atoms with van der Waals surface area (Å²) in [6.07, 6.45) is 2.42. The van der Waals surface area contributed by atoms with Crippen LogP contribution in [0.2, 0.25) is 0 Å². The first kappa shape index (κ1) is 23.1. The zero-order valence-corrected chi connectivity index (χ0v) is 19.8. The van der Waals surface area contributed by atoms with Gasteiger partial charge < -0.3 is 20.1 Å². The Balaban J connectivity index is 1.62. The zero-order chi connectivity index (χ0) is 24.3. The van der Waals surface area contributed by atoms with Gasteiger partial charge >= 0.3 is 0 Å². The lowest BCUT2D eigenvalue weighted by Gasteiger charge is -2.35. The van der Waals surface area contributed by atoms with Gasteiger partial charge in [-0.1, -0.05) is 30.3 Å². The Bertz CT molecular complexity index is 1280. The number of ketones is 1. The quantitative estimate of drug-likeness (QED) is 0.398. The van der Waals surface area contributed by atoms with Crippen molar-refractivity contribution in [1.29, 1.82) is 0 Å². The number of amides is 1. The van der Waals surface area contributed by atoms with Gasteiger partial charge in [0, 0.05) is 34.0 Å². The average molecular weight is 457 g/mol. The molecule has 174 valence electrons. The lowest BCUT2D eigenvalue weighted by Crippen LogP contribution is -2.43. The lowest BCUT2D eigenvalue weighted by molar-refractivity contribution is 0.102. The number of anilines is 1. The van der Waals surface area contributed by atoms with Gasteiger partial charge in [-0.2, -0.15) is 0 Å². The van der Waals surface area contributed by atoms with Gasteiger partial charge in [0.2, 0.25) is 0 Å². The van der Waals surface area contributed by atoms with E-state index in [2.05, 4.69) is 24.5 Å². The SMILES string of the molecule is COc1ccc2c(c1)/C(=C/C(=O)c1cccc(C(=O)Nc3ccccc3OC)c1)NC(C)(C)C2. The average Bonchev–Trinajstić information content (AvgIpc) is 2.83. The van der Waals surface area contributed by atoms with Crippen LogP contribution in [-0.4, -0.2) is 31.4 Å². The number of ether oxygens (including phenoxy) is 2. The summed E-state index contributed by atoms with van der Waals surface area (Å²) in [4.78, 5) is 26.1. The maximum atomic E-state index is 13.2. The topological polar surface area (TPSA) is 76.7 Å². The lowest BCUT2D eigenvalue weighted by atomic mass is 9.85. The molecule has 3 aromatic carbocycles. The Morgan fingerprint density at radius 2 is 1.71 bits per heavy atom. The second-order valence-corrected chi connectivity index (χ2v) is 8.87. The summed E-state index contributed by atoms with van der Waals surface area (Å²) in [5.41, 5.74) is 3.99. The van der Waals surface area contributed by atoms with E-state index in [0.717, 1.165) is 29.0 Å². The highest BCUT2D eigenvalue weighted by atomic mass is 16.5. The van der Waals surface area contributed by atoms with Gasteiger partial charge in [-0.25, -0.2) is 0 Å². The van der Waals surface area contributed by atoms with Gasteiger partial charge in [-0.05, 0) is 62.2 Å². The largest absolute Gasteiger partial charge is 0.497 e. The summed E-state index contributed by atoms with van der Waals surface area (Å²) in [5, 5.41) is 6.32. The smallest absolute Gasteiger partial charge is 0.255 e. The third-order valence-electron chi connectivity index (χ3n) is 5.75. The van der Waals surface area contributed by atoms with E-state index in [1.807, 2.05) is 30.3 Å². The Kier molecular flexibility index (Phi) is 6.41. The molecule has 4 rings (SSSR count). The molecule has 3 aromatic rings. The van der Waals surface area contributed by atoms with E-state index in [9.17, 15) is 9.59 Å². The predicted octanol–water partition coefficient (Wildman–Crippen LogP) is 5.10. The van der Waals surface area contributed by atoms with Crippen LogP contribution in [0.15, 0.2) is 72.8 Å². The van der Waals surface area contributed by atoms with Crippen molar-refractivity contribution in [1.82, 2.24) is 5.32 Å². The summed E-state index contributed by atoms with van der Waals surface area (Å²) >= 11 is 0. The van der Waals surface area contributed by atoms with Crippen molar-refractivity contribution in [2.45, 2.75) is 25.8 Å². The Morgan fingerprint density at radius 1 is 0.941 bits per heavy atom. The first-order valence-corrected chi connectivity index (χ1v) is 11.1. The monoisotopic (exact) mass is 456 g/mol. The number of allylic oxidation sites excluding steroid dienone is 1. The molecule has 1 heterocycles. The van der Waals surface area contributed by atoms with Crippen molar-refractivity contribution in [3.8, 4) is 11.5 Å². The molecule has 34 heavy (non-hydrogen) atoms. The van der Waals surface area contributed by atoms with Crippen LogP contribution in [0.4, 0.5) is 5.69 Å². The van der Waals surface area contributed by atoms with Gasteiger partial charge in [0.1, 0.15) is 11.5 Å². The molecule has 0 saturated carbocycles. The van der Waals surface area contributed by atoms with Crippen LogP contribution in [-0.2, 0) is 6.42 Å². The molecule has 1 aliphatic heterocycles. The molecule has 1 amide bonds. The van der Waals surface area contributed by atoms with E-state index in [4.69, 9.17) is 9.47 Å². The molecule has 0 aromatic heterocycles. The maximum Gasteiger partial charge on any atom is 0.255 e. The minimum absolute atomic E-state index is 0.194. The number of carbonyl (C=O) groups is 2. The molecule has 1 aliphatic rings. The summed E-state index contributed by atoms with van der Waals surface area (Å²) in [7, 11) is 3.17. The Hall–Kier alpha value is -4.06. The van der Waals surface area contributed by atoms with Gasteiger partial charge in [0.15, 0.2) is 5.78 Å². The minimum Gasteiger partial charge on any atom is -0.497 e. The van der Waals surface area contributed by atoms with Gasteiger partial charge in [0.05, 0.1) is 19.9 Å². The molecule has 2 N–H and O–H groups in total. The molecule has 0 aliphatic carbocycles. The number of hydrogen-bond acceptors (Lipinski definition) is 5. The molecule has 0 unspecified atom stereocenters. The normalized spacial score (nSPS) is 15.1. The number of methoxy groups -OCH3 is 2. The number of hydrogen-bond donors (Lipinski definition) is 2. The van der Waals surface area contributed by atoms with Crippen LogP contribution in [0.3, 0.4) is 0 Å². The Morgan fingerprint density at radius 3 is 2.47 bits per heavy atom. The molecule has 0 atom stereocenters. The third-order valence-corrected chi connectivity index (χ3v) is 5.75. The third kappa shape index (κ3) is 4.96. The zero-order valence-electron chi connectivity index (χ0n) is 19.8. The molecule has 0 saturated heterocycles. The minimum atomic E-state index is -0.321. The highest BCUT2D eigenvalue weighted by molar-refractivity contribution is 6.11. The highest BCUT2D eigenvalue weighted by Gasteiger charge is 2.28. The second kappa shape index (κ2) is 9.43. The van der Waals surface area contributed by atoms with Crippen LogP contribution >= 0.6 is 0 Å². The van der Waals surface area contributed by atoms with Crippen molar-refractivity contribution >= 4 is 23.1 Å². The van der Waals surface area contributed by atoms with E-state index >= 15 is 0 Å². The van der Waals surface area contributed by atoms with Crippen molar-refractivity contribution in [2.24, 2.45) is 0 Å². The molecule has 6 nitrogen and oxygen atoms in total. The van der Waals surface area contributed by atoms with Crippen LogP contribution in [0, 0.1) is 0 Å². The highest BCUT2D eigenvalue weighted by Crippen LogP contribution is 2.32. The standard InChI is InChI=1S/C28H28N2O4/c1-28(2)17-20-12-13-21(33-3)15-22(20)24(30-28)16-25(31)18-8-7-9-19(14-18)27(32)29-23-10-5-6-11-26(23)34-4/h5-16,30H,17H2,1-4H3,(H,29,32)/b24-16-. The van der Waals surface area contributed by atoms with E-state index in [1.165, 1.54) is 0 Å². The van der Waals surface area contributed by atoms with Gasteiger partial charge in [-0.15, -0.1) is 0 Å². The number of nitrogens with one attached hydrogen (secondary N) is 2. The fraction of sp³-hybridized carbons (Fsp3) is 0.214. The summed E-state index contributed by atoms with van der Waals surface area (Å²) in [6.45, 7) is 4.20. The predicted molar refractivity (Wildman–Crippen MR) is 134 cm³/mol. The summed E-state index contributed by atoms with van der Waals surface area (Å²) < 4.78 is 10.7. The second-order valence-electron chi connectivity index (χ2n) is 8.87. The molecular weight excluding hydrogens is 428 g/mol. The molecule has 0 fully saturated rings. The molecule has 0 bridgehead atoms. The van der Waals surface area contributed by atoms with E-state index in [1.54, 1.807) is 56.7 Å². The number of rotatable bonds is 6. The fourth-order valence-corrected chi connectivity index (χ4v) is 4.12. The van der Waals surface area contributed by atoms with Crippen molar-refractivity contribution in [2.75, 3.05) is 19.5 Å². The number of para-hydroxylation sites is 2. The van der Waals surface area contributed by atoms with Crippen molar-refractivity contribution < 1.29 is 19.1 Å². The first-order valence-electron chi connectivity index (χ1n) is 11.1. The Labute approximate surface area is 199 Å². The van der Waals surface area contributed by atoms with E-state index in [-0.39, 0.29) is 17.2 Å². The van der Waals surface area contributed by atoms with E-state index in [0.29, 0.717) is 22.6 Å². The van der Waals surface area contributed by atoms with E-state index < -0.39 is 0 Å². The van der Waals surface area contributed by atoms with Crippen LogP contribution < -0.4 is 20.1 Å². The molecular formula is C28H28N2O4. The fourth-order valence-electron chi connectivity index (χ4n) is 4.12. The maximum absolute atomic E-state index is 13.2. The van der Waals surface area contributed by atoms with Crippen LogP contribution in [0.1, 0.15) is 45.7 Å². The molecule has 6 heteroatoms. The number of benzene rings is 3. The molecule has 0 radical (unpaired) electrons. The number of fused-ring (bicyclic) bond motifs is 1. The van der Waals surface area contributed by atoms with Crippen molar-refractivity contribution in [3.63, 3.8) is 0 Å². The van der Waals surface area contributed by atoms with Crippen molar-refractivity contribution in [3.05, 3.63) is 95.1 Å². The van der Waals surface area contributed by atoms with Gasteiger partial charge in [-0.3, -0.25) is 9.59 Å². The van der Waals surface area contributed by atoms with Gasteiger partial charge in [0.25, 0.3) is 5.91 Å². The first-order chi connectivity index (χ1) is 16.3. The van der Waals surface area contributed by atoms with Crippen LogP contribution in [0.25, 0.3) is 5.70 Å². The molecule has 0 spiro atoms. The summed E-state index contributed by atoms with van der Waals surface area (Å²) in [6, 6.07) is 19.8.